The molecule has 0 bridgehead atoms. The molecule has 1 heterocycles. The van der Waals surface area contributed by atoms with Gasteiger partial charge in [-0.15, -0.1) is 0 Å². The first kappa shape index (κ1) is 13.8. The second-order valence-electron chi connectivity index (χ2n) is 4.90. The second kappa shape index (κ2) is 7.10. The van der Waals surface area contributed by atoms with Gasteiger partial charge >= 0.3 is 0 Å². The monoisotopic (exact) mass is 312 g/mol. The zero-order chi connectivity index (χ0) is 12.8. The van der Waals surface area contributed by atoms with Crippen molar-refractivity contribution in [2.24, 2.45) is 0 Å². The van der Waals surface area contributed by atoms with E-state index in [4.69, 9.17) is 4.74 Å². The third-order valence-electron chi connectivity index (χ3n) is 3.28. The molecule has 1 aliphatic carbocycles. The van der Waals surface area contributed by atoms with Crippen LogP contribution in [0.1, 0.15) is 37.7 Å². The zero-order valence-corrected chi connectivity index (χ0v) is 12.5. The lowest BCUT2D eigenvalue weighted by Crippen LogP contribution is -2.20. The van der Waals surface area contributed by atoms with E-state index < -0.39 is 0 Å². The Morgan fingerprint density at radius 2 is 2.17 bits per heavy atom. The summed E-state index contributed by atoms with van der Waals surface area (Å²) in [5.41, 5.74) is 1.16. The van der Waals surface area contributed by atoms with Gasteiger partial charge in [-0.3, -0.25) is 0 Å². The second-order valence-corrected chi connectivity index (χ2v) is 5.76. The predicted molar refractivity (Wildman–Crippen MR) is 78.0 cm³/mol. The lowest BCUT2D eigenvalue weighted by molar-refractivity contribution is 0.0347. The summed E-state index contributed by atoms with van der Waals surface area (Å²) < 4.78 is 6.88. The Hall–Kier alpha value is -0.610. The van der Waals surface area contributed by atoms with Gasteiger partial charge in [-0.2, -0.15) is 0 Å². The Bertz CT molecular complexity index is 378. The van der Waals surface area contributed by atoms with Crippen LogP contribution in [-0.4, -0.2) is 24.2 Å². The van der Waals surface area contributed by atoms with E-state index in [2.05, 4.69) is 32.3 Å². The molecule has 1 fully saturated rings. The molecule has 100 valence electrons. The van der Waals surface area contributed by atoms with Gasteiger partial charge in [-0.05, 0) is 47.3 Å². The van der Waals surface area contributed by atoms with Crippen molar-refractivity contribution >= 4 is 21.7 Å². The van der Waals surface area contributed by atoms with Gasteiger partial charge in [-0.25, -0.2) is 4.98 Å². The summed E-state index contributed by atoms with van der Waals surface area (Å²) in [5.74, 6) is 0.896. The normalized spacial score (nSPS) is 16.8. The fraction of sp³-hybridized carbons (Fsp3) is 0.643. The quantitative estimate of drug-likeness (QED) is 0.837. The standard InChI is InChI=1S/C14H21BrN2O/c1-11-9-13(15)14(17-10-11)16-7-8-18-12-5-3-2-4-6-12/h9-10,12H,2-8H2,1H3,(H,16,17). The molecule has 0 aromatic carbocycles. The van der Waals surface area contributed by atoms with Crippen LogP contribution in [0.15, 0.2) is 16.7 Å². The Balaban J connectivity index is 1.68. The number of hydrogen-bond donors (Lipinski definition) is 1. The highest BCUT2D eigenvalue weighted by atomic mass is 79.9. The number of aryl methyl sites for hydroxylation is 1. The van der Waals surface area contributed by atoms with E-state index in [0.29, 0.717) is 6.10 Å². The summed E-state index contributed by atoms with van der Waals surface area (Å²) in [6.45, 7) is 3.60. The molecular weight excluding hydrogens is 292 g/mol. The van der Waals surface area contributed by atoms with Crippen LogP contribution in [0.4, 0.5) is 5.82 Å². The number of pyridine rings is 1. The summed E-state index contributed by atoms with van der Waals surface area (Å²) in [6.07, 6.45) is 8.83. The number of nitrogens with zero attached hydrogens (tertiary/aromatic N) is 1. The molecule has 18 heavy (non-hydrogen) atoms. The number of aromatic nitrogens is 1. The number of hydrogen-bond acceptors (Lipinski definition) is 3. The number of nitrogens with one attached hydrogen (secondary N) is 1. The van der Waals surface area contributed by atoms with Crippen molar-refractivity contribution < 1.29 is 4.74 Å². The summed E-state index contributed by atoms with van der Waals surface area (Å²) in [5, 5.41) is 3.30. The topological polar surface area (TPSA) is 34.2 Å². The van der Waals surface area contributed by atoms with Gasteiger partial charge in [0.25, 0.3) is 0 Å². The van der Waals surface area contributed by atoms with Crippen LogP contribution in [0.3, 0.4) is 0 Å². The van der Waals surface area contributed by atoms with E-state index in [0.717, 1.165) is 29.0 Å². The van der Waals surface area contributed by atoms with Crippen molar-refractivity contribution in [3.05, 3.63) is 22.3 Å². The van der Waals surface area contributed by atoms with Crippen LogP contribution in [0.2, 0.25) is 0 Å². The summed E-state index contributed by atoms with van der Waals surface area (Å²) in [7, 11) is 0. The van der Waals surface area contributed by atoms with Crippen LogP contribution < -0.4 is 5.32 Å². The fourth-order valence-electron chi connectivity index (χ4n) is 2.29. The summed E-state index contributed by atoms with van der Waals surface area (Å²) in [6, 6.07) is 2.07. The molecule has 0 aliphatic heterocycles. The summed E-state index contributed by atoms with van der Waals surface area (Å²) in [4.78, 5) is 4.35. The Kier molecular flexibility index (Phi) is 5.45. The van der Waals surface area contributed by atoms with Crippen molar-refractivity contribution in [3.8, 4) is 0 Å². The molecule has 3 nitrogen and oxygen atoms in total. The highest BCUT2D eigenvalue weighted by Crippen LogP contribution is 2.21. The van der Waals surface area contributed by atoms with E-state index in [-0.39, 0.29) is 0 Å². The minimum atomic E-state index is 0.481. The average Bonchev–Trinajstić information content (AvgIpc) is 2.38. The van der Waals surface area contributed by atoms with E-state index >= 15 is 0 Å². The molecule has 0 saturated heterocycles. The average molecular weight is 313 g/mol. The van der Waals surface area contributed by atoms with Crippen molar-refractivity contribution in [2.45, 2.75) is 45.1 Å². The fourth-order valence-corrected chi connectivity index (χ4v) is 2.89. The molecule has 0 spiro atoms. The minimum absolute atomic E-state index is 0.481. The molecule has 1 aromatic heterocycles. The largest absolute Gasteiger partial charge is 0.376 e. The first-order valence-electron chi connectivity index (χ1n) is 6.73. The van der Waals surface area contributed by atoms with Gasteiger partial charge in [0, 0.05) is 12.7 Å². The van der Waals surface area contributed by atoms with E-state index in [1.165, 1.54) is 32.1 Å². The number of rotatable bonds is 5. The zero-order valence-electron chi connectivity index (χ0n) is 10.9. The van der Waals surface area contributed by atoms with Gasteiger partial charge in [0.15, 0.2) is 0 Å². The van der Waals surface area contributed by atoms with E-state index in [1.807, 2.05) is 13.1 Å². The molecule has 4 heteroatoms. The molecule has 1 aliphatic rings. The third-order valence-corrected chi connectivity index (χ3v) is 3.88. The van der Waals surface area contributed by atoms with Crippen LogP contribution >= 0.6 is 15.9 Å². The molecule has 1 N–H and O–H groups in total. The number of anilines is 1. The van der Waals surface area contributed by atoms with Crippen molar-refractivity contribution in [1.29, 1.82) is 0 Å². The van der Waals surface area contributed by atoms with Crippen LogP contribution in [0.25, 0.3) is 0 Å². The first-order valence-corrected chi connectivity index (χ1v) is 7.52. The Labute approximate surface area is 117 Å². The Morgan fingerprint density at radius 3 is 2.89 bits per heavy atom. The van der Waals surface area contributed by atoms with Crippen LogP contribution in [0, 0.1) is 6.92 Å². The molecule has 2 rings (SSSR count). The van der Waals surface area contributed by atoms with Gasteiger partial charge < -0.3 is 10.1 Å². The number of halogens is 1. The lowest BCUT2D eigenvalue weighted by atomic mass is 9.98. The van der Waals surface area contributed by atoms with Crippen molar-refractivity contribution in [3.63, 3.8) is 0 Å². The predicted octanol–water partition coefficient (Wildman–Crippen LogP) is 3.91. The summed E-state index contributed by atoms with van der Waals surface area (Å²) >= 11 is 3.51. The molecule has 1 aromatic rings. The van der Waals surface area contributed by atoms with Crippen molar-refractivity contribution in [1.82, 2.24) is 4.98 Å². The minimum Gasteiger partial charge on any atom is -0.376 e. The smallest absolute Gasteiger partial charge is 0.140 e. The molecule has 0 amide bonds. The van der Waals surface area contributed by atoms with Crippen LogP contribution in [0.5, 0.6) is 0 Å². The molecule has 0 atom stereocenters. The lowest BCUT2D eigenvalue weighted by Gasteiger charge is -2.22. The maximum atomic E-state index is 5.86. The highest BCUT2D eigenvalue weighted by Gasteiger charge is 2.13. The third kappa shape index (κ3) is 4.25. The maximum Gasteiger partial charge on any atom is 0.140 e. The molecule has 0 unspecified atom stereocenters. The van der Waals surface area contributed by atoms with E-state index in [9.17, 15) is 0 Å². The van der Waals surface area contributed by atoms with Gasteiger partial charge in [-0.1, -0.05) is 19.3 Å². The van der Waals surface area contributed by atoms with Gasteiger partial charge in [0.2, 0.25) is 0 Å². The molecule has 0 radical (unpaired) electrons. The SMILES string of the molecule is Cc1cnc(NCCOC2CCCCC2)c(Br)c1. The van der Waals surface area contributed by atoms with Crippen LogP contribution in [-0.2, 0) is 4.74 Å². The van der Waals surface area contributed by atoms with Gasteiger partial charge in [0.05, 0.1) is 17.2 Å². The first-order chi connectivity index (χ1) is 8.75. The maximum absolute atomic E-state index is 5.86. The highest BCUT2D eigenvalue weighted by molar-refractivity contribution is 9.10. The van der Waals surface area contributed by atoms with Gasteiger partial charge in [0.1, 0.15) is 5.82 Å². The van der Waals surface area contributed by atoms with E-state index in [1.54, 1.807) is 0 Å². The van der Waals surface area contributed by atoms with Crippen molar-refractivity contribution in [2.75, 3.05) is 18.5 Å². The number of ether oxygens (including phenoxy) is 1. The molecule has 1 saturated carbocycles. The molecular formula is C14H21BrN2O. The Morgan fingerprint density at radius 1 is 1.39 bits per heavy atom.